The lowest BCUT2D eigenvalue weighted by Crippen LogP contribution is -2.63. The van der Waals surface area contributed by atoms with Crippen LogP contribution in [0, 0.1) is 5.82 Å². The van der Waals surface area contributed by atoms with Crippen molar-refractivity contribution in [3.63, 3.8) is 0 Å². The zero-order valence-corrected chi connectivity index (χ0v) is 15.1. The molecular formula is C17H22FN5OS. The topological polar surface area (TPSA) is 44.7 Å². The molecule has 0 spiro atoms. The van der Waals surface area contributed by atoms with E-state index in [0.717, 1.165) is 55.9 Å². The molecule has 8 heteroatoms. The Balaban J connectivity index is 1.26. The molecule has 134 valence electrons. The van der Waals surface area contributed by atoms with E-state index in [1.165, 1.54) is 23.7 Å². The fourth-order valence-electron chi connectivity index (χ4n) is 3.40. The standard InChI is InChI=1S/C17H22FN5OS/c1-24-12-16-19-17(25-20-16)23-10-15(11-23)22-8-6-21(7-9-22)14-4-2-13(18)3-5-14/h2-5,15H,6-12H2,1H3. The summed E-state index contributed by atoms with van der Waals surface area (Å²) < 4.78 is 22.4. The van der Waals surface area contributed by atoms with E-state index < -0.39 is 0 Å². The van der Waals surface area contributed by atoms with Crippen LogP contribution >= 0.6 is 11.5 Å². The number of benzene rings is 1. The van der Waals surface area contributed by atoms with Crippen LogP contribution in [0.3, 0.4) is 0 Å². The average molecular weight is 363 g/mol. The molecule has 4 rings (SSSR count). The summed E-state index contributed by atoms with van der Waals surface area (Å²) in [7, 11) is 1.66. The van der Waals surface area contributed by atoms with E-state index in [1.807, 2.05) is 12.1 Å². The number of rotatable bonds is 5. The van der Waals surface area contributed by atoms with Crippen LogP contribution in [0.25, 0.3) is 0 Å². The molecule has 0 saturated carbocycles. The van der Waals surface area contributed by atoms with Crippen molar-refractivity contribution in [2.45, 2.75) is 12.6 Å². The Bertz CT molecular complexity index is 695. The second-order valence-corrected chi connectivity index (χ2v) is 7.21. The molecule has 0 bridgehead atoms. The van der Waals surface area contributed by atoms with Gasteiger partial charge in [0, 0.05) is 69.6 Å². The van der Waals surface area contributed by atoms with Crippen LogP contribution in [-0.4, -0.2) is 66.7 Å². The summed E-state index contributed by atoms with van der Waals surface area (Å²) in [4.78, 5) is 11.7. The number of ether oxygens (including phenoxy) is 1. The molecule has 2 aromatic rings. The van der Waals surface area contributed by atoms with Gasteiger partial charge < -0.3 is 14.5 Å². The summed E-state index contributed by atoms with van der Waals surface area (Å²) in [6.07, 6.45) is 0. The third-order valence-electron chi connectivity index (χ3n) is 4.89. The first kappa shape index (κ1) is 16.7. The second kappa shape index (κ2) is 7.23. The second-order valence-electron chi connectivity index (χ2n) is 6.48. The Labute approximate surface area is 151 Å². The molecule has 0 atom stereocenters. The van der Waals surface area contributed by atoms with Gasteiger partial charge in [-0.15, -0.1) is 0 Å². The van der Waals surface area contributed by atoms with Crippen molar-refractivity contribution >= 4 is 22.4 Å². The molecule has 0 N–H and O–H groups in total. The smallest absolute Gasteiger partial charge is 0.205 e. The third-order valence-corrected chi connectivity index (χ3v) is 5.70. The summed E-state index contributed by atoms with van der Waals surface area (Å²) in [5.41, 5.74) is 1.11. The maximum Gasteiger partial charge on any atom is 0.205 e. The SMILES string of the molecule is COCc1nsc(N2CC(N3CCN(c4ccc(F)cc4)CC3)C2)n1. The highest BCUT2D eigenvalue weighted by molar-refractivity contribution is 7.09. The van der Waals surface area contributed by atoms with Crippen molar-refractivity contribution in [1.82, 2.24) is 14.3 Å². The highest BCUT2D eigenvalue weighted by Crippen LogP contribution is 2.27. The predicted octanol–water partition coefficient (Wildman–Crippen LogP) is 1.83. The molecule has 2 aliphatic heterocycles. The first-order valence-corrected chi connectivity index (χ1v) is 9.31. The predicted molar refractivity (Wildman–Crippen MR) is 96.8 cm³/mol. The maximum atomic E-state index is 13.0. The number of hydrogen-bond donors (Lipinski definition) is 0. The maximum absolute atomic E-state index is 13.0. The number of anilines is 2. The minimum absolute atomic E-state index is 0.178. The van der Waals surface area contributed by atoms with Crippen LogP contribution in [0.2, 0.25) is 0 Å². The lowest BCUT2D eigenvalue weighted by atomic mass is 10.1. The highest BCUT2D eigenvalue weighted by atomic mass is 32.1. The molecule has 0 amide bonds. The number of halogens is 1. The third kappa shape index (κ3) is 3.61. The van der Waals surface area contributed by atoms with Crippen molar-refractivity contribution in [3.8, 4) is 0 Å². The van der Waals surface area contributed by atoms with E-state index >= 15 is 0 Å². The van der Waals surface area contributed by atoms with E-state index in [1.54, 1.807) is 7.11 Å². The molecule has 2 fully saturated rings. The fraction of sp³-hybridized carbons (Fsp3) is 0.529. The Hall–Kier alpha value is -1.77. The van der Waals surface area contributed by atoms with E-state index in [4.69, 9.17) is 4.74 Å². The van der Waals surface area contributed by atoms with E-state index in [2.05, 4.69) is 24.1 Å². The molecule has 0 radical (unpaired) electrons. The van der Waals surface area contributed by atoms with Crippen LogP contribution in [-0.2, 0) is 11.3 Å². The number of aromatic nitrogens is 2. The van der Waals surface area contributed by atoms with Gasteiger partial charge in [0.25, 0.3) is 0 Å². The number of hydrogen-bond acceptors (Lipinski definition) is 7. The molecule has 1 aromatic heterocycles. The lowest BCUT2D eigenvalue weighted by molar-refractivity contribution is 0.157. The summed E-state index contributed by atoms with van der Waals surface area (Å²) in [5.74, 6) is 0.584. The summed E-state index contributed by atoms with van der Waals surface area (Å²) in [6, 6.07) is 7.38. The molecular weight excluding hydrogens is 341 g/mol. The Morgan fingerprint density at radius 3 is 2.52 bits per heavy atom. The molecule has 0 aliphatic carbocycles. The zero-order valence-electron chi connectivity index (χ0n) is 14.3. The van der Waals surface area contributed by atoms with Crippen LogP contribution in [0.1, 0.15) is 5.82 Å². The van der Waals surface area contributed by atoms with Gasteiger partial charge in [0.15, 0.2) is 5.82 Å². The van der Waals surface area contributed by atoms with Crippen molar-refractivity contribution in [3.05, 3.63) is 35.9 Å². The van der Waals surface area contributed by atoms with E-state index in [0.29, 0.717) is 12.6 Å². The minimum atomic E-state index is -0.178. The van der Waals surface area contributed by atoms with Crippen LogP contribution in [0.4, 0.5) is 15.2 Å². The Kier molecular flexibility index (Phi) is 4.82. The summed E-state index contributed by atoms with van der Waals surface area (Å²) in [6.45, 7) is 6.55. The van der Waals surface area contributed by atoms with Gasteiger partial charge in [-0.05, 0) is 24.3 Å². The number of piperazine rings is 1. The quantitative estimate of drug-likeness (QED) is 0.808. The van der Waals surface area contributed by atoms with E-state index in [9.17, 15) is 4.39 Å². The number of nitrogens with zero attached hydrogens (tertiary/aromatic N) is 5. The normalized spacial score (nSPS) is 19.3. The fourth-order valence-corrected chi connectivity index (χ4v) is 4.09. The highest BCUT2D eigenvalue weighted by Gasteiger charge is 2.35. The summed E-state index contributed by atoms with van der Waals surface area (Å²) >= 11 is 1.45. The van der Waals surface area contributed by atoms with Crippen LogP contribution < -0.4 is 9.80 Å². The van der Waals surface area contributed by atoms with Gasteiger partial charge in [0.2, 0.25) is 5.13 Å². The van der Waals surface area contributed by atoms with Gasteiger partial charge in [-0.3, -0.25) is 4.90 Å². The first-order valence-electron chi connectivity index (χ1n) is 8.54. The van der Waals surface area contributed by atoms with Crippen molar-refractivity contribution in [1.29, 1.82) is 0 Å². The first-order chi connectivity index (χ1) is 12.2. The van der Waals surface area contributed by atoms with Gasteiger partial charge in [0.05, 0.1) is 0 Å². The van der Waals surface area contributed by atoms with Gasteiger partial charge in [-0.25, -0.2) is 9.37 Å². The van der Waals surface area contributed by atoms with Crippen molar-refractivity contribution < 1.29 is 9.13 Å². The lowest BCUT2D eigenvalue weighted by Gasteiger charge is -2.48. The molecule has 3 heterocycles. The molecule has 2 aliphatic rings. The van der Waals surface area contributed by atoms with Crippen LogP contribution in [0.5, 0.6) is 0 Å². The van der Waals surface area contributed by atoms with Crippen molar-refractivity contribution in [2.75, 3.05) is 56.2 Å². The minimum Gasteiger partial charge on any atom is -0.377 e. The molecule has 1 aromatic carbocycles. The zero-order chi connectivity index (χ0) is 17.2. The largest absolute Gasteiger partial charge is 0.377 e. The van der Waals surface area contributed by atoms with Gasteiger partial charge >= 0.3 is 0 Å². The Morgan fingerprint density at radius 1 is 1.12 bits per heavy atom. The van der Waals surface area contributed by atoms with E-state index in [-0.39, 0.29) is 5.82 Å². The van der Waals surface area contributed by atoms with Crippen LogP contribution in [0.15, 0.2) is 24.3 Å². The molecule has 0 unspecified atom stereocenters. The van der Waals surface area contributed by atoms with Crippen molar-refractivity contribution in [2.24, 2.45) is 0 Å². The summed E-state index contributed by atoms with van der Waals surface area (Å²) in [5, 5.41) is 0.994. The molecule has 25 heavy (non-hydrogen) atoms. The Morgan fingerprint density at radius 2 is 1.84 bits per heavy atom. The van der Waals surface area contributed by atoms with Gasteiger partial charge in [0.1, 0.15) is 12.4 Å². The molecule has 6 nitrogen and oxygen atoms in total. The number of methoxy groups -OCH3 is 1. The van der Waals surface area contributed by atoms with Gasteiger partial charge in [-0.1, -0.05) is 0 Å². The molecule has 2 saturated heterocycles. The monoisotopic (exact) mass is 363 g/mol. The van der Waals surface area contributed by atoms with Gasteiger partial charge in [-0.2, -0.15) is 4.37 Å². The average Bonchev–Trinajstić information content (AvgIpc) is 3.04.